The molecule has 0 unspecified atom stereocenters. The fourth-order valence-corrected chi connectivity index (χ4v) is 3.52. The molecule has 2 aromatic heterocycles. The maximum atomic E-state index is 12.5. The Kier molecular flexibility index (Phi) is 7.76. The van der Waals surface area contributed by atoms with E-state index in [1.165, 1.54) is 19.3 Å². The number of aromatic nitrogens is 1. The third kappa shape index (κ3) is 5.47. The molecule has 176 valence electrons. The standard InChI is InChI=1S/C24H23ClN4O5/c1-14-16(3)29(12-17-7-6-10-33-17)22(19(14)11-26)28-21(30)13-34-24(32)15(2)27-23(31)18-8-4-5-9-20(18)25/h4-10,15H,12-13H2,1-3H3,(H,27,31)(H,28,30)/t15-/m0/s1. The highest BCUT2D eigenvalue weighted by Gasteiger charge is 2.23. The molecule has 2 N–H and O–H groups in total. The van der Waals surface area contributed by atoms with Gasteiger partial charge in [0.05, 0.1) is 29.0 Å². The Bertz CT molecular complexity index is 1260. The Balaban J connectivity index is 1.63. The Morgan fingerprint density at radius 3 is 2.59 bits per heavy atom. The maximum Gasteiger partial charge on any atom is 0.328 e. The molecule has 1 aromatic carbocycles. The van der Waals surface area contributed by atoms with Crippen LogP contribution in [0.4, 0.5) is 5.82 Å². The van der Waals surface area contributed by atoms with E-state index in [0.29, 0.717) is 17.9 Å². The molecule has 1 atom stereocenters. The van der Waals surface area contributed by atoms with Crippen LogP contribution < -0.4 is 10.6 Å². The second kappa shape index (κ2) is 10.7. The highest BCUT2D eigenvalue weighted by Crippen LogP contribution is 2.27. The number of hydrogen-bond donors (Lipinski definition) is 2. The van der Waals surface area contributed by atoms with E-state index in [4.69, 9.17) is 20.8 Å². The SMILES string of the molecule is Cc1c(C#N)c(NC(=O)COC(=O)[C@H](C)NC(=O)c2ccccc2Cl)n(Cc2ccco2)c1C. The normalized spacial score (nSPS) is 11.4. The number of carbonyl (C=O) groups is 3. The third-order valence-electron chi connectivity index (χ3n) is 5.26. The summed E-state index contributed by atoms with van der Waals surface area (Å²) in [5, 5.41) is 15.0. The molecule has 0 saturated heterocycles. The summed E-state index contributed by atoms with van der Waals surface area (Å²) < 4.78 is 12.2. The minimum absolute atomic E-state index is 0.216. The van der Waals surface area contributed by atoms with E-state index in [1.54, 1.807) is 41.8 Å². The molecule has 0 radical (unpaired) electrons. The first-order valence-electron chi connectivity index (χ1n) is 10.4. The summed E-state index contributed by atoms with van der Waals surface area (Å²) in [5.74, 6) is -1.04. The van der Waals surface area contributed by atoms with Crippen LogP contribution >= 0.6 is 11.6 Å². The van der Waals surface area contributed by atoms with Crippen LogP contribution in [0, 0.1) is 25.2 Å². The molecule has 0 bridgehead atoms. The van der Waals surface area contributed by atoms with Crippen molar-refractivity contribution in [2.75, 3.05) is 11.9 Å². The summed E-state index contributed by atoms with van der Waals surface area (Å²) in [4.78, 5) is 37.1. The molecule has 10 heteroatoms. The van der Waals surface area contributed by atoms with Gasteiger partial charge in [-0.2, -0.15) is 5.26 Å². The zero-order chi connectivity index (χ0) is 24.8. The number of anilines is 1. The first-order valence-corrected chi connectivity index (χ1v) is 10.7. The molecule has 34 heavy (non-hydrogen) atoms. The second-order valence-corrected chi connectivity index (χ2v) is 7.95. The van der Waals surface area contributed by atoms with E-state index < -0.39 is 30.4 Å². The molecule has 9 nitrogen and oxygen atoms in total. The van der Waals surface area contributed by atoms with Gasteiger partial charge in [-0.1, -0.05) is 23.7 Å². The average Bonchev–Trinajstić information content (AvgIpc) is 3.40. The minimum atomic E-state index is -1.02. The number of hydrogen-bond acceptors (Lipinski definition) is 6. The summed E-state index contributed by atoms with van der Waals surface area (Å²) >= 11 is 6.00. The van der Waals surface area contributed by atoms with Crippen LogP contribution in [0.1, 0.15) is 39.9 Å². The molecule has 2 heterocycles. The number of furan rings is 1. The number of nitriles is 1. The van der Waals surface area contributed by atoms with Gasteiger partial charge in [0.25, 0.3) is 11.8 Å². The van der Waals surface area contributed by atoms with Crippen molar-refractivity contribution in [3.05, 3.63) is 75.8 Å². The van der Waals surface area contributed by atoms with Crippen molar-refractivity contribution in [2.24, 2.45) is 0 Å². The van der Waals surface area contributed by atoms with E-state index in [9.17, 15) is 19.6 Å². The van der Waals surface area contributed by atoms with Crippen molar-refractivity contribution in [1.29, 1.82) is 5.26 Å². The van der Waals surface area contributed by atoms with Gasteiger partial charge in [0.1, 0.15) is 23.7 Å². The van der Waals surface area contributed by atoms with Gasteiger partial charge in [-0.05, 0) is 50.6 Å². The van der Waals surface area contributed by atoms with Gasteiger partial charge in [0.15, 0.2) is 6.61 Å². The highest BCUT2D eigenvalue weighted by atomic mass is 35.5. The van der Waals surface area contributed by atoms with Crippen molar-refractivity contribution in [3.8, 4) is 6.07 Å². The molecular formula is C24H23ClN4O5. The number of rotatable bonds is 8. The van der Waals surface area contributed by atoms with Gasteiger partial charge in [0, 0.05) is 5.69 Å². The molecule has 0 aliphatic rings. The van der Waals surface area contributed by atoms with E-state index in [-0.39, 0.29) is 16.4 Å². The number of benzene rings is 1. The number of esters is 1. The number of ether oxygens (including phenoxy) is 1. The van der Waals surface area contributed by atoms with E-state index >= 15 is 0 Å². The van der Waals surface area contributed by atoms with Gasteiger partial charge >= 0.3 is 5.97 Å². The zero-order valence-corrected chi connectivity index (χ0v) is 19.6. The Morgan fingerprint density at radius 2 is 1.94 bits per heavy atom. The quantitative estimate of drug-likeness (QED) is 0.472. The van der Waals surface area contributed by atoms with Gasteiger partial charge in [-0.15, -0.1) is 0 Å². The molecule has 0 spiro atoms. The molecule has 2 amide bonds. The molecular weight excluding hydrogens is 460 g/mol. The topological polar surface area (TPSA) is 126 Å². The lowest BCUT2D eigenvalue weighted by molar-refractivity contribution is -0.148. The number of amides is 2. The van der Waals surface area contributed by atoms with Crippen molar-refractivity contribution < 1.29 is 23.5 Å². The number of nitrogens with one attached hydrogen (secondary N) is 2. The Morgan fingerprint density at radius 1 is 1.21 bits per heavy atom. The monoisotopic (exact) mass is 482 g/mol. The highest BCUT2D eigenvalue weighted by molar-refractivity contribution is 6.33. The van der Waals surface area contributed by atoms with Crippen LogP contribution in [0.3, 0.4) is 0 Å². The molecule has 3 rings (SSSR count). The van der Waals surface area contributed by atoms with Crippen LogP contribution in [0.15, 0.2) is 47.1 Å². The molecule has 0 fully saturated rings. The third-order valence-corrected chi connectivity index (χ3v) is 5.59. The van der Waals surface area contributed by atoms with Crippen molar-refractivity contribution >= 4 is 35.2 Å². The Labute approximate surface area is 201 Å². The van der Waals surface area contributed by atoms with Crippen molar-refractivity contribution in [1.82, 2.24) is 9.88 Å². The van der Waals surface area contributed by atoms with Crippen LogP contribution in [0.2, 0.25) is 5.02 Å². The smallest absolute Gasteiger partial charge is 0.328 e. The first kappa shape index (κ1) is 24.6. The van der Waals surface area contributed by atoms with Crippen LogP contribution in [0.25, 0.3) is 0 Å². The zero-order valence-electron chi connectivity index (χ0n) is 18.8. The van der Waals surface area contributed by atoms with Crippen LogP contribution in [-0.4, -0.2) is 35.0 Å². The number of carbonyl (C=O) groups excluding carboxylic acids is 3. The van der Waals surface area contributed by atoms with Gasteiger partial charge in [0.2, 0.25) is 0 Å². The predicted octanol–water partition coefficient (Wildman–Crippen LogP) is 3.57. The Hall–Kier alpha value is -4.03. The van der Waals surface area contributed by atoms with E-state index in [0.717, 1.165) is 11.3 Å². The average molecular weight is 483 g/mol. The lowest BCUT2D eigenvalue weighted by Gasteiger charge is -2.15. The van der Waals surface area contributed by atoms with E-state index in [2.05, 4.69) is 16.7 Å². The predicted molar refractivity (Wildman–Crippen MR) is 124 cm³/mol. The summed E-state index contributed by atoms with van der Waals surface area (Å²) in [6.07, 6.45) is 1.54. The summed E-state index contributed by atoms with van der Waals surface area (Å²) in [5.41, 5.74) is 2.03. The fourth-order valence-electron chi connectivity index (χ4n) is 3.29. The number of nitrogens with zero attached hydrogens (tertiary/aromatic N) is 2. The lowest BCUT2D eigenvalue weighted by atomic mass is 10.2. The second-order valence-electron chi connectivity index (χ2n) is 7.54. The van der Waals surface area contributed by atoms with Gasteiger partial charge in [-0.25, -0.2) is 4.79 Å². The lowest BCUT2D eigenvalue weighted by Crippen LogP contribution is -2.40. The first-order chi connectivity index (χ1) is 16.2. The largest absolute Gasteiger partial charge is 0.467 e. The molecule has 3 aromatic rings. The van der Waals surface area contributed by atoms with E-state index in [1.807, 2.05) is 6.92 Å². The molecule has 0 aliphatic heterocycles. The number of halogens is 1. The summed E-state index contributed by atoms with van der Waals surface area (Å²) in [6.45, 7) is 4.76. The van der Waals surface area contributed by atoms with Gasteiger partial charge in [-0.3, -0.25) is 9.59 Å². The van der Waals surface area contributed by atoms with Crippen LogP contribution in [0.5, 0.6) is 0 Å². The molecule has 0 saturated carbocycles. The van der Waals surface area contributed by atoms with Crippen molar-refractivity contribution in [2.45, 2.75) is 33.4 Å². The summed E-state index contributed by atoms with van der Waals surface area (Å²) in [6, 6.07) is 11.0. The molecule has 0 aliphatic carbocycles. The summed E-state index contributed by atoms with van der Waals surface area (Å²) in [7, 11) is 0. The maximum absolute atomic E-state index is 12.5. The van der Waals surface area contributed by atoms with Crippen LogP contribution in [-0.2, 0) is 20.9 Å². The van der Waals surface area contributed by atoms with Gasteiger partial charge < -0.3 is 24.4 Å². The minimum Gasteiger partial charge on any atom is -0.467 e. The van der Waals surface area contributed by atoms with Crippen molar-refractivity contribution in [3.63, 3.8) is 0 Å². The fraction of sp³-hybridized carbons (Fsp3) is 0.250.